The molecule has 0 spiro atoms. The maximum Gasteiger partial charge on any atom is 0.169 e. The summed E-state index contributed by atoms with van der Waals surface area (Å²) in [6, 6.07) is 1.98. The third-order valence-corrected chi connectivity index (χ3v) is 3.03. The molecule has 0 saturated carbocycles. The summed E-state index contributed by atoms with van der Waals surface area (Å²) in [7, 11) is 0. The SMILES string of the molecule is CC(C)OCCCNCCOc1c(F)cc(F)cc1Br. The Morgan fingerprint density at radius 3 is 2.60 bits per heavy atom. The van der Waals surface area contributed by atoms with Crippen molar-refractivity contribution in [1.29, 1.82) is 0 Å². The van der Waals surface area contributed by atoms with Crippen molar-refractivity contribution in [2.45, 2.75) is 26.4 Å². The lowest BCUT2D eigenvalue weighted by Gasteiger charge is -2.11. The van der Waals surface area contributed by atoms with E-state index in [-0.39, 0.29) is 16.3 Å². The Morgan fingerprint density at radius 1 is 1.20 bits per heavy atom. The fraction of sp³-hybridized carbons (Fsp3) is 0.571. The fourth-order valence-corrected chi connectivity index (χ4v) is 2.06. The number of benzene rings is 1. The maximum absolute atomic E-state index is 13.4. The second-order valence-corrected chi connectivity index (χ2v) is 5.42. The van der Waals surface area contributed by atoms with Crippen LogP contribution in [-0.2, 0) is 4.74 Å². The lowest BCUT2D eigenvalue weighted by molar-refractivity contribution is 0.0769. The van der Waals surface area contributed by atoms with Gasteiger partial charge in [-0.3, -0.25) is 0 Å². The minimum absolute atomic E-state index is 0.0383. The Morgan fingerprint density at radius 2 is 1.95 bits per heavy atom. The number of hydrogen-bond acceptors (Lipinski definition) is 3. The molecule has 1 aromatic carbocycles. The van der Waals surface area contributed by atoms with Crippen LogP contribution in [-0.4, -0.2) is 32.4 Å². The molecule has 6 heteroatoms. The lowest BCUT2D eigenvalue weighted by Crippen LogP contribution is -2.23. The molecule has 0 saturated heterocycles. The minimum atomic E-state index is -0.706. The molecule has 0 unspecified atom stereocenters. The average Bonchev–Trinajstić information content (AvgIpc) is 2.34. The summed E-state index contributed by atoms with van der Waals surface area (Å²) in [5, 5.41) is 3.16. The highest BCUT2D eigenvalue weighted by Gasteiger charge is 2.10. The predicted octanol–water partition coefficient (Wildman–Crippen LogP) is 3.51. The first-order chi connectivity index (χ1) is 9.50. The summed E-state index contributed by atoms with van der Waals surface area (Å²) >= 11 is 3.07. The molecule has 1 aromatic rings. The lowest BCUT2D eigenvalue weighted by atomic mass is 10.3. The van der Waals surface area contributed by atoms with Gasteiger partial charge in [-0.15, -0.1) is 0 Å². The van der Waals surface area contributed by atoms with Gasteiger partial charge in [0, 0.05) is 19.2 Å². The number of ether oxygens (including phenoxy) is 2. The van der Waals surface area contributed by atoms with Gasteiger partial charge in [0.05, 0.1) is 10.6 Å². The molecule has 3 nitrogen and oxygen atoms in total. The van der Waals surface area contributed by atoms with Crippen LogP contribution in [0.15, 0.2) is 16.6 Å². The number of hydrogen-bond donors (Lipinski definition) is 1. The molecular weight excluding hydrogens is 332 g/mol. The Balaban J connectivity index is 2.16. The summed E-state index contributed by atoms with van der Waals surface area (Å²) in [5.41, 5.74) is 0. The van der Waals surface area contributed by atoms with Crippen LogP contribution in [0, 0.1) is 11.6 Å². The van der Waals surface area contributed by atoms with Crippen molar-refractivity contribution in [3.05, 3.63) is 28.2 Å². The number of halogens is 3. The van der Waals surface area contributed by atoms with E-state index in [0.717, 1.165) is 19.0 Å². The minimum Gasteiger partial charge on any atom is -0.488 e. The summed E-state index contributed by atoms with van der Waals surface area (Å²) in [5.74, 6) is -1.30. The van der Waals surface area contributed by atoms with Crippen LogP contribution in [0.3, 0.4) is 0 Å². The molecule has 20 heavy (non-hydrogen) atoms. The first kappa shape index (κ1) is 17.3. The fourth-order valence-electron chi connectivity index (χ4n) is 1.53. The topological polar surface area (TPSA) is 30.5 Å². The molecule has 114 valence electrons. The largest absolute Gasteiger partial charge is 0.488 e. The van der Waals surface area contributed by atoms with E-state index < -0.39 is 11.6 Å². The molecule has 0 aliphatic rings. The normalized spacial score (nSPS) is 11.1. The van der Waals surface area contributed by atoms with E-state index in [4.69, 9.17) is 9.47 Å². The van der Waals surface area contributed by atoms with E-state index in [2.05, 4.69) is 21.2 Å². The van der Waals surface area contributed by atoms with Crippen LogP contribution in [0.25, 0.3) is 0 Å². The van der Waals surface area contributed by atoms with Crippen LogP contribution in [0.2, 0.25) is 0 Å². The Bertz CT molecular complexity index is 393. The summed E-state index contributed by atoms with van der Waals surface area (Å²) in [6.45, 7) is 6.41. The van der Waals surface area contributed by atoms with Gasteiger partial charge in [-0.25, -0.2) is 8.78 Å². The molecule has 1 rings (SSSR count). The highest BCUT2D eigenvalue weighted by molar-refractivity contribution is 9.10. The van der Waals surface area contributed by atoms with Crippen molar-refractivity contribution in [2.75, 3.05) is 26.3 Å². The first-order valence-electron chi connectivity index (χ1n) is 6.60. The molecule has 0 amide bonds. The van der Waals surface area contributed by atoms with Crippen LogP contribution < -0.4 is 10.1 Å². The smallest absolute Gasteiger partial charge is 0.169 e. The van der Waals surface area contributed by atoms with Crippen molar-refractivity contribution in [1.82, 2.24) is 5.32 Å². The molecular formula is C14H20BrF2NO2. The monoisotopic (exact) mass is 351 g/mol. The van der Waals surface area contributed by atoms with E-state index in [0.29, 0.717) is 19.8 Å². The zero-order valence-electron chi connectivity index (χ0n) is 11.7. The highest BCUT2D eigenvalue weighted by Crippen LogP contribution is 2.28. The zero-order chi connectivity index (χ0) is 15.0. The van der Waals surface area contributed by atoms with Crippen LogP contribution in [0.5, 0.6) is 5.75 Å². The van der Waals surface area contributed by atoms with Gasteiger partial charge < -0.3 is 14.8 Å². The second kappa shape index (κ2) is 9.26. The molecule has 0 heterocycles. The summed E-state index contributed by atoms with van der Waals surface area (Å²) < 4.78 is 37.3. The predicted molar refractivity (Wildman–Crippen MR) is 78.1 cm³/mol. The van der Waals surface area contributed by atoms with Gasteiger partial charge in [0.1, 0.15) is 12.4 Å². The van der Waals surface area contributed by atoms with Crippen molar-refractivity contribution in [3.63, 3.8) is 0 Å². The molecule has 0 radical (unpaired) electrons. The molecule has 0 atom stereocenters. The van der Waals surface area contributed by atoms with E-state index in [1.807, 2.05) is 13.8 Å². The van der Waals surface area contributed by atoms with Crippen molar-refractivity contribution in [3.8, 4) is 5.75 Å². The quantitative estimate of drug-likeness (QED) is 0.690. The van der Waals surface area contributed by atoms with Crippen LogP contribution in [0.4, 0.5) is 8.78 Å². The standard InChI is InChI=1S/C14H20BrF2NO2/c1-10(2)19-6-3-4-18-5-7-20-14-12(15)8-11(16)9-13(14)17/h8-10,18H,3-7H2,1-2H3. The molecule has 0 aliphatic heterocycles. The van der Waals surface area contributed by atoms with Gasteiger partial charge in [0.15, 0.2) is 11.6 Å². The number of nitrogens with one attached hydrogen (secondary N) is 1. The average molecular weight is 352 g/mol. The first-order valence-corrected chi connectivity index (χ1v) is 7.39. The van der Waals surface area contributed by atoms with E-state index in [1.54, 1.807) is 0 Å². The van der Waals surface area contributed by atoms with Gasteiger partial charge in [-0.05, 0) is 48.8 Å². The van der Waals surface area contributed by atoms with E-state index in [1.165, 1.54) is 6.07 Å². The van der Waals surface area contributed by atoms with Crippen molar-refractivity contribution >= 4 is 15.9 Å². The highest BCUT2D eigenvalue weighted by atomic mass is 79.9. The molecule has 0 bridgehead atoms. The van der Waals surface area contributed by atoms with Gasteiger partial charge in [0.2, 0.25) is 0 Å². The molecule has 0 aliphatic carbocycles. The third-order valence-electron chi connectivity index (χ3n) is 2.44. The van der Waals surface area contributed by atoms with Gasteiger partial charge in [0.25, 0.3) is 0 Å². The Kier molecular flexibility index (Phi) is 8.02. The maximum atomic E-state index is 13.4. The van der Waals surface area contributed by atoms with E-state index >= 15 is 0 Å². The van der Waals surface area contributed by atoms with Crippen molar-refractivity contribution in [2.24, 2.45) is 0 Å². The van der Waals surface area contributed by atoms with Gasteiger partial charge >= 0.3 is 0 Å². The summed E-state index contributed by atoms with van der Waals surface area (Å²) in [4.78, 5) is 0. The van der Waals surface area contributed by atoms with Crippen LogP contribution >= 0.6 is 15.9 Å². The van der Waals surface area contributed by atoms with Crippen molar-refractivity contribution < 1.29 is 18.3 Å². The summed E-state index contributed by atoms with van der Waals surface area (Å²) in [6.07, 6.45) is 1.16. The van der Waals surface area contributed by atoms with E-state index in [9.17, 15) is 8.78 Å². The zero-order valence-corrected chi connectivity index (χ0v) is 13.3. The van der Waals surface area contributed by atoms with Gasteiger partial charge in [-0.2, -0.15) is 0 Å². The Labute approximate surface area is 126 Å². The number of rotatable bonds is 9. The second-order valence-electron chi connectivity index (χ2n) is 4.57. The third kappa shape index (κ3) is 6.63. The molecule has 0 aromatic heterocycles. The van der Waals surface area contributed by atoms with Gasteiger partial charge in [-0.1, -0.05) is 0 Å². The van der Waals surface area contributed by atoms with Crippen LogP contribution in [0.1, 0.15) is 20.3 Å². The Hall–Kier alpha value is -0.720. The molecule has 1 N–H and O–H groups in total. The molecule has 0 fully saturated rings.